The number of carbonyl (C=O) groups is 1. The van der Waals surface area contributed by atoms with Crippen LogP contribution in [0.25, 0.3) is 0 Å². The second-order valence-corrected chi connectivity index (χ2v) is 4.55. The number of ketones is 1. The van der Waals surface area contributed by atoms with Gasteiger partial charge in [0.25, 0.3) is 0 Å². The molecular weight excluding hydrogens is 188 g/mol. The Morgan fingerprint density at radius 3 is 2.27 bits per heavy atom. The number of hydrogen-bond acceptors (Lipinski definition) is 2. The minimum atomic E-state index is -0.429. The average Bonchev–Trinajstić information content (AvgIpc) is 2.06. The second-order valence-electron chi connectivity index (χ2n) is 4.55. The average molecular weight is 206 g/mol. The Balaban J connectivity index is 2.68. The van der Waals surface area contributed by atoms with Crippen LogP contribution in [0.3, 0.4) is 0 Å². The highest BCUT2D eigenvalue weighted by molar-refractivity contribution is 5.76. The molecule has 0 aliphatic carbocycles. The van der Waals surface area contributed by atoms with Crippen LogP contribution in [0.4, 0.5) is 0 Å². The van der Waals surface area contributed by atoms with Gasteiger partial charge in [-0.15, -0.1) is 0 Å². The molecule has 1 aromatic rings. The summed E-state index contributed by atoms with van der Waals surface area (Å²) in [5.41, 5.74) is 0.771. The van der Waals surface area contributed by atoms with Crippen molar-refractivity contribution in [3.05, 3.63) is 29.8 Å². The zero-order valence-electron chi connectivity index (χ0n) is 9.83. The molecule has 15 heavy (non-hydrogen) atoms. The van der Waals surface area contributed by atoms with Crippen LogP contribution in [-0.2, 0) is 4.79 Å². The number of aryl methyl sites for hydroxylation is 1. The fourth-order valence-corrected chi connectivity index (χ4v) is 1.56. The topological polar surface area (TPSA) is 26.3 Å². The molecule has 2 nitrogen and oxygen atoms in total. The summed E-state index contributed by atoms with van der Waals surface area (Å²) in [6.45, 7) is 7.47. The zero-order chi connectivity index (χ0) is 11.5. The van der Waals surface area contributed by atoms with Crippen molar-refractivity contribution in [2.24, 2.45) is 0 Å². The molecule has 1 rings (SSSR count). The van der Waals surface area contributed by atoms with Crippen LogP contribution in [-0.4, -0.2) is 11.4 Å². The van der Waals surface area contributed by atoms with Crippen molar-refractivity contribution in [1.29, 1.82) is 0 Å². The van der Waals surface area contributed by atoms with Crippen LogP contribution < -0.4 is 4.74 Å². The van der Waals surface area contributed by atoms with E-state index in [1.54, 1.807) is 6.92 Å². The lowest BCUT2D eigenvalue weighted by molar-refractivity contribution is -0.120. The monoisotopic (exact) mass is 206 g/mol. The van der Waals surface area contributed by atoms with Crippen LogP contribution in [0.1, 0.15) is 32.8 Å². The number of Topliss-reactive ketones (excluding diaryl/α,β-unsaturated/α-hetero) is 1. The Kier molecular flexibility index (Phi) is 3.51. The predicted molar refractivity (Wildman–Crippen MR) is 61.2 cm³/mol. The van der Waals surface area contributed by atoms with Crippen LogP contribution in [0.15, 0.2) is 24.3 Å². The van der Waals surface area contributed by atoms with E-state index in [0.29, 0.717) is 6.42 Å². The summed E-state index contributed by atoms with van der Waals surface area (Å²) in [6, 6.07) is 7.85. The molecule has 0 spiro atoms. The first-order valence-electron chi connectivity index (χ1n) is 5.14. The third kappa shape index (κ3) is 4.15. The molecule has 2 heteroatoms. The standard InChI is InChI=1S/C13H18O2/c1-10-5-7-12(8-6-10)15-13(3,4)9-11(2)14/h5-8H,9H2,1-4H3. The highest BCUT2D eigenvalue weighted by atomic mass is 16.5. The molecular formula is C13H18O2. The van der Waals surface area contributed by atoms with Crippen molar-refractivity contribution in [3.63, 3.8) is 0 Å². The van der Waals surface area contributed by atoms with E-state index in [0.717, 1.165) is 5.75 Å². The largest absolute Gasteiger partial charge is 0.487 e. The molecule has 82 valence electrons. The minimum Gasteiger partial charge on any atom is -0.487 e. The predicted octanol–water partition coefficient (Wildman–Crippen LogP) is 3.13. The van der Waals surface area contributed by atoms with Crippen molar-refractivity contribution in [2.75, 3.05) is 0 Å². The van der Waals surface area contributed by atoms with Gasteiger partial charge in [0.2, 0.25) is 0 Å². The van der Waals surface area contributed by atoms with Gasteiger partial charge in [-0.25, -0.2) is 0 Å². The lowest BCUT2D eigenvalue weighted by atomic mass is 10.0. The fraction of sp³-hybridized carbons (Fsp3) is 0.462. The van der Waals surface area contributed by atoms with E-state index in [4.69, 9.17) is 4.74 Å². The van der Waals surface area contributed by atoms with Gasteiger partial charge in [-0.2, -0.15) is 0 Å². The smallest absolute Gasteiger partial charge is 0.133 e. The van der Waals surface area contributed by atoms with Gasteiger partial charge in [0.05, 0.1) is 0 Å². The molecule has 0 saturated carbocycles. The van der Waals surface area contributed by atoms with Gasteiger partial charge in [-0.3, -0.25) is 4.79 Å². The third-order valence-corrected chi connectivity index (χ3v) is 2.09. The molecule has 0 aliphatic heterocycles. The molecule has 0 amide bonds. The minimum absolute atomic E-state index is 0.145. The van der Waals surface area contributed by atoms with Crippen LogP contribution in [0.5, 0.6) is 5.75 Å². The highest BCUT2D eigenvalue weighted by Crippen LogP contribution is 2.21. The van der Waals surface area contributed by atoms with E-state index < -0.39 is 5.60 Å². The normalized spacial score (nSPS) is 11.2. The zero-order valence-corrected chi connectivity index (χ0v) is 9.83. The Hall–Kier alpha value is -1.31. The van der Waals surface area contributed by atoms with E-state index in [-0.39, 0.29) is 5.78 Å². The van der Waals surface area contributed by atoms with Crippen molar-refractivity contribution >= 4 is 5.78 Å². The third-order valence-electron chi connectivity index (χ3n) is 2.09. The van der Waals surface area contributed by atoms with Crippen molar-refractivity contribution in [1.82, 2.24) is 0 Å². The maximum absolute atomic E-state index is 11.0. The summed E-state index contributed by atoms with van der Waals surface area (Å²) >= 11 is 0. The number of ether oxygens (including phenoxy) is 1. The SMILES string of the molecule is CC(=O)CC(C)(C)Oc1ccc(C)cc1. The maximum atomic E-state index is 11.0. The van der Waals surface area contributed by atoms with Crippen molar-refractivity contribution < 1.29 is 9.53 Å². The summed E-state index contributed by atoms with van der Waals surface area (Å²) in [5, 5.41) is 0. The lowest BCUT2D eigenvalue weighted by Gasteiger charge is -2.25. The van der Waals surface area contributed by atoms with Crippen molar-refractivity contribution in [3.8, 4) is 5.75 Å². The Bertz CT molecular complexity index is 336. The summed E-state index contributed by atoms with van der Waals surface area (Å²) < 4.78 is 5.75. The van der Waals surface area contributed by atoms with E-state index >= 15 is 0 Å². The molecule has 0 radical (unpaired) electrons. The molecule has 0 N–H and O–H groups in total. The number of hydrogen-bond donors (Lipinski definition) is 0. The molecule has 0 heterocycles. The van der Waals surface area contributed by atoms with Crippen molar-refractivity contribution in [2.45, 2.75) is 39.7 Å². The maximum Gasteiger partial charge on any atom is 0.133 e. The van der Waals surface area contributed by atoms with E-state index in [2.05, 4.69) is 0 Å². The van der Waals surface area contributed by atoms with Gasteiger partial charge < -0.3 is 4.74 Å². The second kappa shape index (κ2) is 4.47. The number of carbonyl (C=O) groups excluding carboxylic acids is 1. The van der Waals surface area contributed by atoms with Gasteiger partial charge in [-0.1, -0.05) is 17.7 Å². The molecule has 0 fully saturated rings. The Labute approximate surface area is 91.3 Å². The van der Waals surface area contributed by atoms with E-state index in [9.17, 15) is 4.79 Å². The number of rotatable bonds is 4. The van der Waals surface area contributed by atoms with Gasteiger partial charge in [0.1, 0.15) is 17.1 Å². The fourth-order valence-electron chi connectivity index (χ4n) is 1.56. The van der Waals surface area contributed by atoms with Crippen LogP contribution >= 0.6 is 0 Å². The Morgan fingerprint density at radius 2 is 1.80 bits per heavy atom. The summed E-state index contributed by atoms with van der Waals surface area (Å²) in [6.07, 6.45) is 0.431. The van der Waals surface area contributed by atoms with Gasteiger partial charge in [0.15, 0.2) is 0 Å². The van der Waals surface area contributed by atoms with Gasteiger partial charge >= 0.3 is 0 Å². The molecule has 0 aliphatic rings. The molecule has 1 aromatic carbocycles. The van der Waals surface area contributed by atoms with Crippen LogP contribution in [0, 0.1) is 6.92 Å². The Morgan fingerprint density at radius 1 is 1.27 bits per heavy atom. The lowest BCUT2D eigenvalue weighted by Crippen LogP contribution is -2.30. The molecule has 0 atom stereocenters. The summed E-state index contributed by atoms with van der Waals surface area (Å²) in [7, 11) is 0. The first-order valence-corrected chi connectivity index (χ1v) is 5.14. The molecule has 0 saturated heterocycles. The molecule has 0 aromatic heterocycles. The summed E-state index contributed by atoms with van der Waals surface area (Å²) in [4.78, 5) is 11.0. The molecule has 0 unspecified atom stereocenters. The van der Waals surface area contributed by atoms with Gasteiger partial charge in [-0.05, 0) is 39.8 Å². The summed E-state index contributed by atoms with van der Waals surface area (Å²) in [5.74, 6) is 0.957. The highest BCUT2D eigenvalue weighted by Gasteiger charge is 2.21. The first-order chi connectivity index (χ1) is 6.89. The van der Waals surface area contributed by atoms with E-state index in [1.807, 2.05) is 45.0 Å². The molecule has 0 bridgehead atoms. The van der Waals surface area contributed by atoms with Gasteiger partial charge in [0, 0.05) is 6.42 Å². The van der Waals surface area contributed by atoms with E-state index in [1.165, 1.54) is 5.56 Å². The quantitative estimate of drug-likeness (QED) is 0.756. The van der Waals surface area contributed by atoms with Crippen LogP contribution in [0.2, 0.25) is 0 Å². The first kappa shape index (κ1) is 11.8. The number of benzene rings is 1.